The molecule has 0 aromatic heterocycles. The van der Waals surface area contributed by atoms with Crippen molar-refractivity contribution in [2.24, 2.45) is 4.99 Å². The highest BCUT2D eigenvalue weighted by atomic mass is 32.2. The van der Waals surface area contributed by atoms with E-state index in [4.69, 9.17) is 14.3 Å². The SMILES string of the molecule is CCN(CC)S(=O)(=O)c1ccc(OC)c(C2=C(Nc3ccc4c(c3)NC(=O)CO4)N=C(NOC)NC2=C=O)c1. The number of fused-ring (bicyclic) bond motifs is 1. The van der Waals surface area contributed by atoms with E-state index >= 15 is 0 Å². The summed E-state index contributed by atoms with van der Waals surface area (Å²) < 4.78 is 38.9. The molecule has 0 fully saturated rings. The fraction of sp³-hybridized carbons (Fsp3) is 0.280. The van der Waals surface area contributed by atoms with Gasteiger partial charge in [-0.05, 0) is 36.4 Å². The minimum absolute atomic E-state index is 0.0116. The van der Waals surface area contributed by atoms with Gasteiger partial charge in [0.05, 0.1) is 30.4 Å². The van der Waals surface area contributed by atoms with Crippen LogP contribution in [0.1, 0.15) is 19.4 Å². The predicted molar refractivity (Wildman–Crippen MR) is 144 cm³/mol. The molecule has 0 radical (unpaired) electrons. The van der Waals surface area contributed by atoms with Crippen molar-refractivity contribution < 1.29 is 32.3 Å². The van der Waals surface area contributed by atoms with E-state index < -0.39 is 10.0 Å². The summed E-state index contributed by atoms with van der Waals surface area (Å²) >= 11 is 0. The maximum absolute atomic E-state index is 13.3. The second-order valence-electron chi connectivity index (χ2n) is 8.22. The number of allylic oxidation sites excluding steroid dienone is 1. The number of methoxy groups -OCH3 is 1. The predicted octanol–water partition coefficient (Wildman–Crippen LogP) is 1.66. The molecule has 2 aliphatic rings. The summed E-state index contributed by atoms with van der Waals surface area (Å²) in [7, 11) is -1.04. The minimum atomic E-state index is -3.84. The van der Waals surface area contributed by atoms with Gasteiger partial charge in [-0.15, -0.1) is 0 Å². The monoisotopic (exact) mass is 556 g/mol. The second-order valence-corrected chi connectivity index (χ2v) is 10.2. The summed E-state index contributed by atoms with van der Waals surface area (Å²) in [6, 6.07) is 9.39. The van der Waals surface area contributed by atoms with Crippen LogP contribution in [0.5, 0.6) is 11.5 Å². The molecule has 0 unspecified atom stereocenters. The third-order valence-electron chi connectivity index (χ3n) is 5.91. The Kier molecular flexibility index (Phi) is 8.21. The number of carbonyl (C=O) groups excluding carboxylic acids is 2. The first-order valence-electron chi connectivity index (χ1n) is 11.9. The van der Waals surface area contributed by atoms with Crippen molar-refractivity contribution in [2.45, 2.75) is 18.7 Å². The van der Waals surface area contributed by atoms with Gasteiger partial charge in [0.2, 0.25) is 16.0 Å². The van der Waals surface area contributed by atoms with Crippen molar-refractivity contribution in [3.63, 3.8) is 0 Å². The molecular formula is C25H28N6O7S. The van der Waals surface area contributed by atoms with Crippen LogP contribution in [-0.4, -0.2) is 64.4 Å². The van der Waals surface area contributed by atoms with Crippen molar-refractivity contribution in [1.29, 1.82) is 0 Å². The van der Waals surface area contributed by atoms with Crippen LogP contribution in [-0.2, 0) is 24.4 Å². The zero-order valence-electron chi connectivity index (χ0n) is 21.7. The first kappa shape index (κ1) is 27.7. The van der Waals surface area contributed by atoms with Gasteiger partial charge < -0.3 is 25.4 Å². The highest BCUT2D eigenvalue weighted by molar-refractivity contribution is 7.89. The largest absolute Gasteiger partial charge is 0.496 e. The summed E-state index contributed by atoms with van der Waals surface area (Å²) in [5, 5.41) is 8.67. The van der Waals surface area contributed by atoms with E-state index in [1.807, 2.05) is 5.94 Å². The molecule has 0 saturated heterocycles. The number of hydroxylamine groups is 1. The van der Waals surface area contributed by atoms with Crippen LogP contribution in [0.3, 0.4) is 0 Å². The molecule has 0 saturated carbocycles. The molecule has 0 bridgehead atoms. The van der Waals surface area contributed by atoms with Gasteiger partial charge in [0, 0.05) is 24.3 Å². The van der Waals surface area contributed by atoms with Crippen LogP contribution in [0.2, 0.25) is 0 Å². The number of guanidine groups is 1. The fourth-order valence-electron chi connectivity index (χ4n) is 4.12. The number of ether oxygens (including phenoxy) is 2. The number of amides is 1. The molecule has 206 valence electrons. The number of carbonyl (C=O) groups is 1. The van der Waals surface area contributed by atoms with Crippen LogP contribution in [0.4, 0.5) is 11.4 Å². The van der Waals surface area contributed by atoms with Crippen LogP contribution >= 0.6 is 0 Å². The third kappa shape index (κ3) is 5.59. The number of hydrogen-bond donors (Lipinski definition) is 4. The molecule has 1 amide bonds. The number of nitrogens with zero attached hydrogens (tertiary/aromatic N) is 2. The summed E-state index contributed by atoms with van der Waals surface area (Å²) in [6.07, 6.45) is 0. The molecule has 2 aliphatic heterocycles. The van der Waals surface area contributed by atoms with Crippen molar-refractivity contribution >= 4 is 44.8 Å². The van der Waals surface area contributed by atoms with Crippen molar-refractivity contribution in [3.8, 4) is 11.5 Å². The smallest absolute Gasteiger partial charge is 0.262 e. The number of benzene rings is 2. The van der Waals surface area contributed by atoms with E-state index in [1.54, 1.807) is 32.0 Å². The average molecular weight is 557 g/mol. The number of aliphatic imine (C=N–C) groups is 1. The van der Waals surface area contributed by atoms with Gasteiger partial charge in [0.15, 0.2) is 12.5 Å². The van der Waals surface area contributed by atoms with Gasteiger partial charge in [-0.2, -0.15) is 9.30 Å². The Labute approximate surface area is 225 Å². The Morgan fingerprint density at radius 2 is 1.90 bits per heavy atom. The maximum atomic E-state index is 13.3. The van der Waals surface area contributed by atoms with E-state index in [-0.39, 0.29) is 59.1 Å². The molecule has 13 nitrogen and oxygen atoms in total. The van der Waals surface area contributed by atoms with Crippen LogP contribution < -0.4 is 30.9 Å². The quantitative estimate of drug-likeness (QED) is 0.264. The van der Waals surface area contributed by atoms with Gasteiger partial charge in [-0.25, -0.2) is 18.7 Å². The lowest BCUT2D eigenvalue weighted by molar-refractivity contribution is -0.118. The van der Waals surface area contributed by atoms with E-state index in [2.05, 4.69) is 26.4 Å². The van der Waals surface area contributed by atoms with Crippen LogP contribution in [0.25, 0.3) is 5.57 Å². The molecule has 39 heavy (non-hydrogen) atoms. The van der Waals surface area contributed by atoms with Gasteiger partial charge in [-0.1, -0.05) is 13.8 Å². The topological polar surface area (TPSA) is 160 Å². The van der Waals surface area contributed by atoms with Crippen molar-refractivity contribution in [3.05, 3.63) is 53.5 Å². The lowest BCUT2D eigenvalue weighted by atomic mass is 10.0. The number of nitrogens with one attached hydrogen (secondary N) is 4. The summed E-state index contributed by atoms with van der Waals surface area (Å²) in [6.45, 7) is 3.98. The summed E-state index contributed by atoms with van der Waals surface area (Å²) in [4.78, 5) is 33.4. The van der Waals surface area contributed by atoms with Gasteiger partial charge in [-0.3, -0.25) is 9.63 Å². The van der Waals surface area contributed by atoms with E-state index in [1.165, 1.54) is 36.7 Å². The number of sulfonamides is 1. The standard InChI is InChI=1S/C25H28N6O7S/c1-5-31(6-2)39(34,35)16-8-10-20(36-3)17(12-16)23-19(13-32)28-25(30-37-4)29-24(23)26-15-7-9-21-18(11-15)27-22(33)14-38-21/h7-12,26H,5-6,14H2,1-4H3,(H,27,33)(H2,28,29,30). The molecule has 2 heterocycles. The van der Waals surface area contributed by atoms with Crippen molar-refractivity contribution in [1.82, 2.24) is 15.1 Å². The van der Waals surface area contributed by atoms with Crippen molar-refractivity contribution in [2.75, 3.05) is 44.5 Å². The molecular weight excluding hydrogens is 528 g/mol. The molecule has 14 heteroatoms. The summed E-state index contributed by atoms with van der Waals surface area (Å²) in [5.74, 6) is 2.56. The molecule has 2 aromatic rings. The first-order chi connectivity index (χ1) is 18.7. The third-order valence-corrected chi connectivity index (χ3v) is 7.96. The summed E-state index contributed by atoms with van der Waals surface area (Å²) in [5.41, 5.74) is 3.89. The molecule has 2 aromatic carbocycles. The highest BCUT2D eigenvalue weighted by Crippen LogP contribution is 2.37. The normalized spacial score (nSPS) is 14.9. The Morgan fingerprint density at radius 3 is 2.56 bits per heavy atom. The van der Waals surface area contributed by atoms with E-state index in [0.717, 1.165) is 0 Å². The number of hydrogen-bond acceptors (Lipinski definition) is 11. The van der Waals surface area contributed by atoms with Gasteiger partial charge >= 0.3 is 0 Å². The Morgan fingerprint density at radius 1 is 1.13 bits per heavy atom. The molecule has 4 rings (SSSR count). The zero-order chi connectivity index (χ0) is 28.2. The number of rotatable bonds is 9. The second kappa shape index (κ2) is 11.6. The van der Waals surface area contributed by atoms with Gasteiger partial charge in [0.25, 0.3) is 5.91 Å². The highest BCUT2D eigenvalue weighted by Gasteiger charge is 2.29. The first-order valence-corrected chi connectivity index (χ1v) is 13.4. The maximum Gasteiger partial charge on any atom is 0.262 e. The lowest BCUT2D eigenvalue weighted by Gasteiger charge is -2.25. The van der Waals surface area contributed by atoms with Gasteiger partial charge in [0.1, 0.15) is 23.0 Å². The lowest BCUT2D eigenvalue weighted by Crippen LogP contribution is -2.39. The molecule has 0 spiro atoms. The fourth-order valence-corrected chi connectivity index (χ4v) is 5.61. The zero-order valence-corrected chi connectivity index (χ0v) is 22.6. The Bertz CT molecular complexity index is 1510. The number of anilines is 2. The molecule has 0 aliphatic carbocycles. The minimum Gasteiger partial charge on any atom is -0.496 e. The molecule has 4 N–H and O–H groups in total. The Balaban J connectivity index is 1.91. The Hall–Kier alpha value is -4.36. The average Bonchev–Trinajstić information content (AvgIpc) is 2.93. The van der Waals surface area contributed by atoms with Crippen LogP contribution in [0.15, 0.2) is 57.8 Å². The molecule has 0 atom stereocenters. The van der Waals surface area contributed by atoms with E-state index in [0.29, 0.717) is 22.9 Å². The van der Waals surface area contributed by atoms with Crippen LogP contribution in [0, 0.1) is 0 Å². The van der Waals surface area contributed by atoms with E-state index in [9.17, 15) is 18.0 Å².